The molecule has 0 bridgehead atoms. The van der Waals surface area contributed by atoms with Crippen LogP contribution in [0.1, 0.15) is 19.5 Å². The number of hydrogen-bond donors (Lipinski definition) is 1. The number of fused-ring (bicyclic) bond motifs is 1. The van der Waals surface area contributed by atoms with E-state index in [1.807, 2.05) is 18.5 Å². The summed E-state index contributed by atoms with van der Waals surface area (Å²) in [4.78, 5) is 11.7. The molecule has 0 spiro atoms. The van der Waals surface area contributed by atoms with E-state index in [4.69, 9.17) is 0 Å². The molecule has 15 heavy (non-hydrogen) atoms. The Bertz CT molecular complexity index is 400. The van der Waals surface area contributed by atoms with Crippen molar-refractivity contribution < 1.29 is 4.79 Å². The Hall–Kier alpha value is -0.970. The van der Waals surface area contributed by atoms with Crippen LogP contribution < -0.4 is 5.32 Å². The standard InChI is InChI=1S/C10H15N3OS/c1-4-13-10-8(7(3)12-13)11-9(14)6(2)5-15-10/h6H,4-5H2,1-3H3,(H,11,14). The van der Waals surface area contributed by atoms with Gasteiger partial charge in [0.2, 0.25) is 5.91 Å². The topological polar surface area (TPSA) is 46.9 Å². The zero-order valence-electron chi connectivity index (χ0n) is 9.20. The monoisotopic (exact) mass is 225 g/mol. The summed E-state index contributed by atoms with van der Waals surface area (Å²) < 4.78 is 1.95. The summed E-state index contributed by atoms with van der Waals surface area (Å²) in [5.74, 6) is 0.983. The van der Waals surface area contributed by atoms with Gasteiger partial charge in [-0.1, -0.05) is 6.92 Å². The van der Waals surface area contributed by atoms with E-state index in [1.165, 1.54) is 0 Å². The van der Waals surface area contributed by atoms with Crippen molar-refractivity contribution in [3.63, 3.8) is 0 Å². The van der Waals surface area contributed by atoms with Gasteiger partial charge < -0.3 is 5.32 Å². The smallest absolute Gasteiger partial charge is 0.228 e. The minimum atomic E-state index is 0.0621. The maximum atomic E-state index is 11.7. The highest BCUT2D eigenvalue weighted by atomic mass is 32.2. The number of anilines is 1. The molecule has 1 N–H and O–H groups in total. The summed E-state index contributed by atoms with van der Waals surface area (Å²) in [6.45, 7) is 6.78. The zero-order chi connectivity index (χ0) is 11.0. The first-order chi connectivity index (χ1) is 7.13. The van der Waals surface area contributed by atoms with Crippen LogP contribution in [0.25, 0.3) is 0 Å². The molecule has 1 aliphatic heterocycles. The van der Waals surface area contributed by atoms with E-state index in [9.17, 15) is 4.79 Å². The van der Waals surface area contributed by atoms with Crippen molar-refractivity contribution in [1.82, 2.24) is 9.78 Å². The van der Waals surface area contributed by atoms with Gasteiger partial charge in [0.15, 0.2) is 0 Å². The minimum Gasteiger partial charge on any atom is -0.322 e. The third-order valence-corrected chi connectivity index (χ3v) is 3.90. The Morgan fingerprint density at radius 3 is 3.07 bits per heavy atom. The fraction of sp³-hybridized carbons (Fsp3) is 0.600. The van der Waals surface area contributed by atoms with Crippen molar-refractivity contribution in [2.45, 2.75) is 32.3 Å². The van der Waals surface area contributed by atoms with Crippen molar-refractivity contribution in [1.29, 1.82) is 0 Å². The molecule has 1 atom stereocenters. The second-order valence-electron chi connectivity index (χ2n) is 3.78. The van der Waals surface area contributed by atoms with Crippen LogP contribution in [0.3, 0.4) is 0 Å². The maximum absolute atomic E-state index is 11.7. The van der Waals surface area contributed by atoms with E-state index in [1.54, 1.807) is 11.8 Å². The predicted octanol–water partition coefficient (Wildman–Crippen LogP) is 1.89. The second kappa shape index (κ2) is 3.89. The second-order valence-corrected chi connectivity index (χ2v) is 4.79. The first-order valence-electron chi connectivity index (χ1n) is 5.14. The lowest BCUT2D eigenvalue weighted by atomic mass is 10.2. The van der Waals surface area contributed by atoms with Gasteiger partial charge in [0.05, 0.1) is 11.4 Å². The third-order valence-electron chi connectivity index (χ3n) is 2.55. The van der Waals surface area contributed by atoms with Crippen LogP contribution in [0.4, 0.5) is 5.69 Å². The molecule has 0 aromatic carbocycles. The van der Waals surface area contributed by atoms with E-state index in [-0.39, 0.29) is 11.8 Å². The third kappa shape index (κ3) is 1.76. The molecule has 0 radical (unpaired) electrons. The molecule has 5 heteroatoms. The van der Waals surface area contributed by atoms with Crippen LogP contribution in [-0.2, 0) is 11.3 Å². The summed E-state index contributed by atoms with van der Waals surface area (Å²) in [6, 6.07) is 0. The van der Waals surface area contributed by atoms with Crippen molar-refractivity contribution in [2.75, 3.05) is 11.1 Å². The molecule has 2 heterocycles. The molecule has 1 aromatic rings. The average molecular weight is 225 g/mol. The van der Waals surface area contributed by atoms with Crippen molar-refractivity contribution in [3.05, 3.63) is 5.69 Å². The average Bonchev–Trinajstić information content (AvgIpc) is 2.43. The van der Waals surface area contributed by atoms with Gasteiger partial charge >= 0.3 is 0 Å². The van der Waals surface area contributed by atoms with Gasteiger partial charge in [0, 0.05) is 18.2 Å². The molecular formula is C10H15N3OS. The van der Waals surface area contributed by atoms with Gasteiger partial charge in [0.25, 0.3) is 0 Å². The lowest BCUT2D eigenvalue weighted by molar-refractivity contribution is -0.118. The summed E-state index contributed by atoms with van der Waals surface area (Å²) in [5, 5.41) is 8.44. The predicted molar refractivity (Wildman–Crippen MR) is 61.2 cm³/mol. The van der Waals surface area contributed by atoms with Crippen molar-refractivity contribution in [2.24, 2.45) is 5.92 Å². The maximum Gasteiger partial charge on any atom is 0.228 e. The minimum absolute atomic E-state index is 0.0621. The van der Waals surface area contributed by atoms with Gasteiger partial charge in [-0.2, -0.15) is 5.10 Å². The number of carbonyl (C=O) groups is 1. The molecule has 0 fully saturated rings. The molecule has 2 rings (SSSR count). The van der Waals surface area contributed by atoms with E-state index in [0.717, 1.165) is 28.7 Å². The summed E-state index contributed by atoms with van der Waals surface area (Å²) in [7, 11) is 0. The fourth-order valence-electron chi connectivity index (χ4n) is 1.59. The van der Waals surface area contributed by atoms with Crippen molar-refractivity contribution >= 4 is 23.4 Å². The number of carbonyl (C=O) groups excluding carboxylic acids is 1. The number of aryl methyl sites for hydroxylation is 2. The Balaban J connectivity index is 2.43. The Morgan fingerprint density at radius 2 is 2.40 bits per heavy atom. The Kier molecular flexibility index (Phi) is 2.73. The normalized spacial score (nSPS) is 20.7. The van der Waals surface area contributed by atoms with E-state index >= 15 is 0 Å². The summed E-state index contributed by atoms with van der Waals surface area (Å²) in [6.07, 6.45) is 0. The number of rotatable bonds is 1. The van der Waals surface area contributed by atoms with Gasteiger partial charge in [-0.25, -0.2) is 0 Å². The quantitative estimate of drug-likeness (QED) is 0.794. The molecule has 4 nitrogen and oxygen atoms in total. The zero-order valence-corrected chi connectivity index (χ0v) is 10.0. The number of nitrogens with zero attached hydrogens (tertiary/aromatic N) is 2. The SMILES string of the molecule is CCn1nc(C)c2c1SCC(C)C(=O)N2. The molecule has 0 saturated heterocycles. The molecule has 1 aliphatic rings. The number of nitrogens with one attached hydrogen (secondary N) is 1. The number of amides is 1. The van der Waals surface area contributed by atoms with Crippen LogP contribution in [-0.4, -0.2) is 21.4 Å². The molecule has 0 saturated carbocycles. The van der Waals surface area contributed by atoms with Crippen LogP contribution in [0, 0.1) is 12.8 Å². The highest BCUT2D eigenvalue weighted by molar-refractivity contribution is 7.99. The molecule has 82 valence electrons. The van der Waals surface area contributed by atoms with Gasteiger partial charge in [-0.05, 0) is 13.8 Å². The molecular weight excluding hydrogens is 210 g/mol. The highest BCUT2D eigenvalue weighted by Crippen LogP contribution is 2.34. The van der Waals surface area contributed by atoms with Crippen LogP contribution >= 0.6 is 11.8 Å². The Labute approximate surface area is 93.4 Å². The van der Waals surface area contributed by atoms with Gasteiger partial charge in [-0.3, -0.25) is 9.48 Å². The molecule has 1 unspecified atom stereocenters. The summed E-state index contributed by atoms with van der Waals surface area (Å²) in [5.41, 5.74) is 1.80. The lowest BCUT2D eigenvalue weighted by Crippen LogP contribution is -2.20. The molecule has 0 aliphatic carbocycles. The summed E-state index contributed by atoms with van der Waals surface area (Å²) >= 11 is 1.71. The lowest BCUT2D eigenvalue weighted by Gasteiger charge is -2.05. The first-order valence-corrected chi connectivity index (χ1v) is 6.13. The van der Waals surface area contributed by atoms with Crippen LogP contribution in [0.15, 0.2) is 5.03 Å². The van der Waals surface area contributed by atoms with E-state index in [2.05, 4.69) is 17.3 Å². The molecule has 1 amide bonds. The molecule has 1 aromatic heterocycles. The van der Waals surface area contributed by atoms with E-state index < -0.39 is 0 Å². The number of hydrogen-bond acceptors (Lipinski definition) is 3. The Morgan fingerprint density at radius 1 is 1.67 bits per heavy atom. The number of aromatic nitrogens is 2. The number of thioether (sulfide) groups is 1. The van der Waals surface area contributed by atoms with Gasteiger partial charge in [0.1, 0.15) is 5.03 Å². The van der Waals surface area contributed by atoms with Gasteiger partial charge in [-0.15, -0.1) is 11.8 Å². The van der Waals surface area contributed by atoms with Crippen LogP contribution in [0.2, 0.25) is 0 Å². The van der Waals surface area contributed by atoms with E-state index in [0.29, 0.717) is 0 Å². The highest BCUT2D eigenvalue weighted by Gasteiger charge is 2.25. The fourth-order valence-corrected chi connectivity index (χ4v) is 2.81. The van der Waals surface area contributed by atoms with Crippen molar-refractivity contribution in [3.8, 4) is 0 Å². The first kappa shape index (κ1) is 10.5. The largest absolute Gasteiger partial charge is 0.322 e. The van der Waals surface area contributed by atoms with Crippen LogP contribution in [0.5, 0.6) is 0 Å².